The van der Waals surface area contributed by atoms with Crippen molar-refractivity contribution in [3.05, 3.63) is 48.0 Å². The minimum absolute atomic E-state index is 0.429. The minimum Gasteiger partial charge on any atom is -0.497 e. The number of anilines is 1. The summed E-state index contributed by atoms with van der Waals surface area (Å²) in [6.45, 7) is 2.04. The van der Waals surface area contributed by atoms with Gasteiger partial charge in [-0.25, -0.2) is 0 Å². The summed E-state index contributed by atoms with van der Waals surface area (Å²) in [5.41, 5.74) is 3.17. The van der Waals surface area contributed by atoms with E-state index in [-0.39, 0.29) is 0 Å². The molecule has 3 aromatic rings. The molecule has 144 valence electrons. The van der Waals surface area contributed by atoms with E-state index >= 15 is 0 Å². The fraction of sp³-hybridized carbons (Fsp3) is 0.250. The molecule has 1 N–H and O–H groups in total. The van der Waals surface area contributed by atoms with Crippen molar-refractivity contribution >= 4 is 17.4 Å². The molecule has 28 heavy (non-hydrogen) atoms. The Morgan fingerprint density at radius 3 is 2.75 bits per heavy atom. The highest BCUT2D eigenvalue weighted by Gasteiger charge is 2.28. The van der Waals surface area contributed by atoms with E-state index in [1.165, 1.54) is 11.8 Å². The van der Waals surface area contributed by atoms with Gasteiger partial charge >= 0.3 is 0 Å². The quantitative estimate of drug-likeness (QED) is 0.644. The van der Waals surface area contributed by atoms with Crippen LogP contribution in [0.25, 0.3) is 11.3 Å². The summed E-state index contributed by atoms with van der Waals surface area (Å²) in [6, 6.07) is 13.4. The highest BCUT2D eigenvalue weighted by atomic mass is 32.2. The first-order valence-corrected chi connectivity index (χ1v) is 9.84. The zero-order valence-corrected chi connectivity index (χ0v) is 16.6. The first-order chi connectivity index (χ1) is 13.7. The average molecular weight is 396 g/mol. The Bertz CT molecular complexity index is 999. The Balaban J connectivity index is 1.85. The topological polar surface area (TPSA) is 78.4 Å². The summed E-state index contributed by atoms with van der Waals surface area (Å²) in [7, 11) is 3.26. The smallest absolute Gasteiger partial charge is 0.247 e. The van der Waals surface area contributed by atoms with Gasteiger partial charge in [-0.3, -0.25) is 0 Å². The number of para-hydroxylation sites is 1. The van der Waals surface area contributed by atoms with Gasteiger partial charge in [-0.05, 0) is 30.0 Å². The Hall–Kier alpha value is -3.00. The number of rotatable bonds is 5. The second kappa shape index (κ2) is 7.93. The van der Waals surface area contributed by atoms with Crippen molar-refractivity contribution in [2.45, 2.75) is 18.3 Å². The lowest BCUT2D eigenvalue weighted by atomic mass is 10.1. The van der Waals surface area contributed by atoms with Crippen LogP contribution < -0.4 is 19.5 Å². The van der Waals surface area contributed by atoms with Crippen molar-refractivity contribution in [3.8, 4) is 28.6 Å². The van der Waals surface area contributed by atoms with E-state index in [1.807, 2.05) is 49.4 Å². The molecule has 0 saturated heterocycles. The molecule has 1 aromatic heterocycles. The molecule has 1 aliphatic rings. The van der Waals surface area contributed by atoms with Gasteiger partial charge in [0.1, 0.15) is 11.5 Å². The molecule has 0 radical (unpaired) electrons. The molecule has 4 rings (SSSR count). The summed E-state index contributed by atoms with van der Waals surface area (Å²) >= 11 is 1.52. The van der Waals surface area contributed by atoms with Crippen molar-refractivity contribution in [3.63, 3.8) is 0 Å². The van der Waals surface area contributed by atoms with Crippen molar-refractivity contribution in [2.24, 2.45) is 0 Å². The average Bonchev–Trinajstić information content (AvgIpc) is 2.90. The van der Waals surface area contributed by atoms with E-state index in [9.17, 15) is 0 Å². The Kier molecular flexibility index (Phi) is 5.21. The first kappa shape index (κ1) is 18.4. The predicted octanol–water partition coefficient (Wildman–Crippen LogP) is 4.17. The first-order valence-electron chi connectivity index (χ1n) is 8.85. The molecular weight excluding hydrogens is 376 g/mol. The van der Waals surface area contributed by atoms with Gasteiger partial charge in [-0.2, -0.15) is 4.98 Å². The summed E-state index contributed by atoms with van der Waals surface area (Å²) in [4.78, 5) is 4.59. The minimum atomic E-state index is -0.538. The number of fused-ring (bicyclic) bond motifs is 3. The molecule has 1 atom stereocenters. The third-order valence-electron chi connectivity index (χ3n) is 4.33. The van der Waals surface area contributed by atoms with Crippen LogP contribution in [0.1, 0.15) is 18.7 Å². The van der Waals surface area contributed by atoms with E-state index < -0.39 is 6.23 Å². The van der Waals surface area contributed by atoms with Gasteiger partial charge in [0.05, 0.1) is 19.8 Å². The van der Waals surface area contributed by atoms with Crippen LogP contribution in [0.15, 0.2) is 47.6 Å². The van der Waals surface area contributed by atoms with Crippen molar-refractivity contribution < 1.29 is 14.2 Å². The highest BCUT2D eigenvalue weighted by Crippen LogP contribution is 2.41. The molecule has 2 heterocycles. The molecule has 0 spiro atoms. The van der Waals surface area contributed by atoms with Gasteiger partial charge in [0.15, 0.2) is 5.69 Å². The number of ether oxygens (including phenoxy) is 3. The number of nitrogens with one attached hydrogen (secondary N) is 1. The maximum absolute atomic E-state index is 6.28. The van der Waals surface area contributed by atoms with Crippen LogP contribution in [-0.4, -0.2) is 35.2 Å². The molecular formula is C20H20N4O3S. The molecule has 8 heteroatoms. The van der Waals surface area contributed by atoms with Crippen LogP contribution in [0.5, 0.6) is 17.4 Å². The molecule has 1 aliphatic heterocycles. The Labute approximate surface area is 167 Å². The third kappa shape index (κ3) is 3.43. The lowest BCUT2D eigenvalue weighted by Gasteiger charge is -2.21. The molecule has 0 aliphatic carbocycles. The van der Waals surface area contributed by atoms with Crippen LogP contribution in [0.2, 0.25) is 0 Å². The number of benzene rings is 2. The maximum Gasteiger partial charge on any atom is 0.247 e. The van der Waals surface area contributed by atoms with Gasteiger partial charge < -0.3 is 19.5 Å². The van der Waals surface area contributed by atoms with E-state index in [2.05, 4.69) is 20.5 Å². The van der Waals surface area contributed by atoms with E-state index in [1.54, 1.807) is 14.2 Å². The predicted molar refractivity (Wildman–Crippen MR) is 108 cm³/mol. The standard InChI is InChI=1S/C20H20N4O3S/c1-4-28-20-22-19-17(23-24-20)13-7-5-6-8-15(13)21-18(27-19)14-11-12(25-2)9-10-16(14)26-3/h5-11,18,21H,4H2,1-3H3/t18-/m1/s1. The van der Waals surface area contributed by atoms with Crippen molar-refractivity contribution in [1.29, 1.82) is 0 Å². The SMILES string of the molecule is CCSc1nnc2c(n1)O[C@H](c1cc(OC)ccc1OC)Nc1ccccc1-2. The second-order valence-electron chi connectivity index (χ2n) is 5.98. The molecule has 0 bridgehead atoms. The molecule has 0 amide bonds. The van der Waals surface area contributed by atoms with Crippen LogP contribution in [0.3, 0.4) is 0 Å². The molecule has 7 nitrogen and oxygen atoms in total. The fourth-order valence-electron chi connectivity index (χ4n) is 3.02. The van der Waals surface area contributed by atoms with Gasteiger partial charge in [-0.1, -0.05) is 36.9 Å². The third-order valence-corrected chi connectivity index (χ3v) is 5.05. The lowest BCUT2D eigenvalue weighted by Crippen LogP contribution is -2.18. The molecule has 0 saturated carbocycles. The van der Waals surface area contributed by atoms with Crippen LogP contribution in [-0.2, 0) is 0 Å². The van der Waals surface area contributed by atoms with Gasteiger partial charge in [0, 0.05) is 11.3 Å². The van der Waals surface area contributed by atoms with Crippen LogP contribution >= 0.6 is 11.8 Å². The van der Waals surface area contributed by atoms with Gasteiger partial charge in [-0.15, -0.1) is 10.2 Å². The molecule has 0 fully saturated rings. The largest absolute Gasteiger partial charge is 0.497 e. The highest BCUT2D eigenvalue weighted by molar-refractivity contribution is 7.99. The van der Waals surface area contributed by atoms with Gasteiger partial charge in [0.2, 0.25) is 17.3 Å². The normalized spacial score (nSPS) is 14.8. The number of hydrogen-bond acceptors (Lipinski definition) is 8. The Morgan fingerprint density at radius 2 is 1.96 bits per heavy atom. The van der Waals surface area contributed by atoms with Crippen LogP contribution in [0, 0.1) is 0 Å². The van der Waals surface area contributed by atoms with Crippen LogP contribution in [0.4, 0.5) is 5.69 Å². The summed E-state index contributed by atoms with van der Waals surface area (Å²) in [5, 5.41) is 12.6. The summed E-state index contributed by atoms with van der Waals surface area (Å²) in [5.74, 6) is 2.67. The summed E-state index contributed by atoms with van der Waals surface area (Å²) in [6.07, 6.45) is -0.538. The number of thioether (sulfide) groups is 1. The zero-order valence-electron chi connectivity index (χ0n) is 15.8. The monoisotopic (exact) mass is 396 g/mol. The number of aromatic nitrogens is 3. The van der Waals surface area contributed by atoms with E-state index in [0.29, 0.717) is 28.2 Å². The number of methoxy groups -OCH3 is 2. The lowest BCUT2D eigenvalue weighted by molar-refractivity contribution is 0.219. The second-order valence-corrected chi connectivity index (χ2v) is 7.21. The molecule has 2 aromatic carbocycles. The molecule has 0 unspecified atom stereocenters. The Morgan fingerprint density at radius 1 is 1.11 bits per heavy atom. The zero-order chi connectivity index (χ0) is 19.5. The number of hydrogen-bond donors (Lipinski definition) is 1. The van der Waals surface area contributed by atoms with Crippen molar-refractivity contribution in [2.75, 3.05) is 25.3 Å². The fourth-order valence-corrected chi connectivity index (χ4v) is 3.53. The summed E-state index contributed by atoms with van der Waals surface area (Å²) < 4.78 is 17.2. The van der Waals surface area contributed by atoms with Gasteiger partial charge in [0.25, 0.3) is 0 Å². The van der Waals surface area contributed by atoms with E-state index in [0.717, 1.165) is 22.6 Å². The van der Waals surface area contributed by atoms with Crippen molar-refractivity contribution in [1.82, 2.24) is 15.2 Å². The van der Waals surface area contributed by atoms with E-state index in [4.69, 9.17) is 14.2 Å². The number of nitrogens with zero attached hydrogens (tertiary/aromatic N) is 3. The maximum atomic E-state index is 6.28.